The Kier molecular flexibility index (Phi) is 9.07. The highest BCUT2D eigenvalue weighted by molar-refractivity contribution is 6.06. The first-order chi connectivity index (χ1) is 25.1. The fourth-order valence-electron chi connectivity index (χ4n) is 7.44. The van der Waals surface area contributed by atoms with Crippen LogP contribution in [0.3, 0.4) is 0 Å². The number of anilines is 1. The van der Waals surface area contributed by atoms with E-state index in [2.05, 4.69) is 30.7 Å². The highest BCUT2D eigenvalue weighted by Gasteiger charge is 2.67. The summed E-state index contributed by atoms with van der Waals surface area (Å²) in [6, 6.07) is 5.88. The van der Waals surface area contributed by atoms with Crippen LogP contribution < -0.4 is 10.6 Å². The van der Waals surface area contributed by atoms with E-state index in [4.69, 9.17) is 4.74 Å². The van der Waals surface area contributed by atoms with Crippen LogP contribution in [0.25, 0.3) is 22.0 Å². The lowest BCUT2D eigenvalue weighted by Gasteiger charge is -2.27. The fraction of sp³-hybridized carbons (Fsp3) is 0.459. The Balaban J connectivity index is 1.22. The van der Waals surface area contributed by atoms with Crippen molar-refractivity contribution in [1.82, 2.24) is 34.9 Å². The second-order valence-electron chi connectivity index (χ2n) is 14.8. The van der Waals surface area contributed by atoms with E-state index in [1.807, 2.05) is 19.9 Å². The molecule has 1 saturated heterocycles. The number of nitrogens with one attached hydrogen (secondary N) is 2. The monoisotopic (exact) mass is 732 g/mol. The van der Waals surface area contributed by atoms with Gasteiger partial charge in [-0.05, 0) is 56.4 Å². The van der Waals surface area contributed by atoms with E-state index in [0.29, 0.717) is 36.0 Å². The number of halogens is 3. The number of piperidine rings is 1. The lowest BCUT2D eigenvalue weighted by Crippen LogP contribution is -2.47. The third kappa shape index (κ3) is 6.99. The van der Waals surface area contributed by atoms with Gasteiger partial charge in [0.1, 0.15) is 35.6 Å². The normalized spacial score (nSPS) is 23.2. The minimum absolute atomic E-state index is 0.128. The molecule has 1 unspecified atom stereocenters. The van der Waals surface area contributed by atoms with Crippen LogP contribution in [-0.2, 0) is 38.4 Å². The number of ether oxygens (including phenoxy) is 1. The standard InChI is InChI=1S/C37H39F3N8O5/c1-20(49)31-25-12-22(24-15-41-21(2)42-16-24)6-8-26(25)47(46-31)17-30(50)48-27-13-36(14-29(36)48)19-43-34(52)35(3,4)10-5-11-53-18-23-7-9-28(37(38,39)40)44-32(23)45-33(27)51/h6-9,12,15-16,27,29H,5,10-11,13-14,17-19H2,1-4H3,(H,43,52)(H,44,45,51)/t27-,29?,36-/m0/s1. The van der Waals surface area contributed by atoms with E-state index in [1.54, 1.807) is 31.5 Å². The Labute approximate surface area is 302 Å². The highest BCUT2D eigenvalue weighted by atomic mass is 19.4. The molecule has 2 N–H and O–H groups in total. The molecular weight excluding hydrogens is 693 g/mol. The van der Waals surface area contributed by atoms with Crippen molar-refractivity contribution in [2.45, 2.75) is 84.8 Å². The maximum Gasteiger partial charge on any atom is 0.433 e. The summed E-state index contributed by atoms with van der Waals surface area (Å²) in [5.74, 6) is -1.36. The Morgan fingerprint density at radius 2 is 1.81 bits per heavy atom. The number of alkyl halides is 3. The number of hydrogen-bond donors (Lipinski definition) is 2. The maximum absolute atomic E-state index is 14.3. The van der Waals surface area contributed by atoms with Crippen molar-refractivity contribution < 1.29 is 37.1 Å². The Hall–Kier alpha value is -5.25. The number of aryl methyl sites for hydroxylation is 1. The number of benzene rings is 1. The van der Waals surface area contributed by atoms with Gasteiger partial charge in [0.15, 0.2) is 5.78 Å². The molecule has 2 aliphatic heterocycles. The zero-order valence-corrected chi connectivity index (χ0v) is 29.7. The molecule has 4 aromatic rings. The molecule has 53 heavy (non-hydrogen) atoms. The first kappa shape index (κ1) is 36.1. The number of fused-ring (bicyclic) bond motifs is 3. The molecule has 3 aromatic heterocycles. The van der Waals surface area contributed by atoms with Gasteiger partial charge in [-0.1, -0.05) is 26.0 Å². The van der Waals surface area contributed by atoms with Crippen molar-refractivity contribution in [3.63, 3.8) is 0 Å². The van der Waals surface area contributed by atoms with Crippen molar-refractivity contribution in [3.05, 3.63) is 65.5 Å². The summed E-state index contributed by atoms with van der Waals surface area (Å²) in [6.45, 7) is 6.80. The van der Waals surface area contributed by atoms with E-state index in [0.717, 1.165) is 17.2 Å². The fourth-order valence-corrected chi connectivity index (χ4v) is 7.44. The Morgan fingerprint density at radius 1 is 1.06 bits per heavy atom. The first-order valence-electron chi connectivity index (χ1n) is 17.4. The maximum atomic E-state index is 14.3. The van der Waals surface area contributed by atoms with E-state index >= 15 is 0 Å². The molecule has 5 heterocycles. The molecule has 1 aliphatic carbocycles. The van der Waals surface area contributed by atoms with E-state index in [9.17, 15) is 32.3 Å². The molecule has 3 aliphatic rings. The molecule has 0 radical (unpaired) electrons. The van der Waals surface area contributed by atoms with Gasteiger partial charge in [0, 0.05) is 65.9 Å². The molecule has 2 bridgehead atoms. The van der Waals surface area contributed by atoms with Crippen LogP contribution in [0, 0.1) is 17.8 Å². The quantitative estimate of drug-likeness (QED) is 0.279. The van der Waals surface area contributed by atoms with Crippen LogP contribution in [0.1, 0.15) is 74.0 Å². The van der Waals surface area contributed by atoms with Gasteiger partial charge in [-0.15, -0.1) is 0 Å². The summed E-state index contributed by atoms with van der Waals surface area (Å²) < 4.78 is 48.3. The molecule has 1 saturated carbocycles. The van der Waals surface area contributed by atoms with Crippen LogP contribution in [0.5, 0.6) is 0 Å². The molecule has 278 valence electrons. The summed E-state index contributed by atoms with van der Waals surface area (Å²) in [7, 11) is 0. The predicted molar refractivity (Wildman–Crippen MR) is 185 cm³/mol. The third-order valence-electron chi connectivity index (χ3n) is 10.6. The average Bonchev–Trinajstić information content (AvgIpc) is 3.52. The number of Topliss-reactive ketones (excluding diaryl/α,β-unsaturated/α-hetero) is 1. The van der Waals surface area contributed by atoms with Crippen molar-refractivity contribution in [2.75, 3.05) is 18.5 Å². The van der Waals surface area contributed by atoms with Crippen LogP contribution in [0.2, 0.25) is 0 Å². The summed E-state index contributed by atoms with van der Waals surface area (Å²) >= 11 is 0. The van der Waals surface area contributed by atoms with E-state index in [1.165, 1.54) is 22.6 Å². The molecule has 3 amide bonds. The van der Waals surface area contributed by atoms with Crippen LogP contribution in [0.4, 0.5) is 19.0 Å². The summed E-state index contributed by atoms with van der Waals surface area (Å²) in [5.41, 5.74) is -0.147. The van der Waals surface area contributed by atoms with E-state index in [-0.39, 0.29) is 61.5 Å². The topological polar surface area (TPSA) is 161 Å². The zero-order chi connectivity index (χ0) is 37.9. The van der Waals surface area contributed by atoms with Crippen molar-refractivity contribution >= 4 is 40.2 Å². The number of pyridine rings is 1. The van der Waals surface area contributed by atoms with E-state index < -0.39 is 46.6 Å². The van der Waals surface area contributed by atoms with Gasteiger partial charge < -0.3 is 20.3 Å². The van der Waals surface area contributed by atoms with Gasteiger partial charge >= 0.3 is 6.18 Å². The minimum Gasteiger partial charge on any atom is -0.377 e. The third-order valence-corrected chi connectivity index (χ3v) is 10.6. The van der Waals surface area contributed by atoms with Crippen molar-refractivity contribution in [3.8, 4) is 11.1 Å². The molecule has 1 aromatic carbocycles. The van der Waals surface area contributed by atoms with Crippen molar-refractivity contribution in [1.29, 1.82) is 0 Å². The molecule has 2 fully saturated rings. The SMILES string of the molecule is CC(=O)c1nn(CC(=O)N2C3C[C@@]34CNC(=O)C(C)(C)CCCOCc3ccc(C(F)(F)F)nc3NC(=O)[C@@H]2C4)c2ccc(-c3cnc(C)nc3)cc12. The summed E-state index contributed by atoms with van der Waals surface area (Å²) in [5, 5.41) is 10.6. The Morgan fingerprint density at radius 3 is 2.53 bits per heavy atom. The summed E-state index contributed by atoms with van der Waals surface area (Å²) in [6.07, 6.45) is 0.286. The van der Waals surface area contributed by atoms with Gasteiger partial charge in [-0.3, -0.25) is 23.9 Å². The molecule has 16 heteroatoms. The molecule has 13 nitrogen and oxygen atoms in total. The van der Waals surface area contributed by atoms with Crippen LogP contribution in [0.15, 0.2) is 42.7 Å². The highest BCUT2D eigenvalue weighted by Crippen LogP contribution is 2.59. The number of likely N-dealkylation sites (tertiary alicyclic amines) is 1. The predicted octanol–water partition coefficient (Wildman–Crippen LogP) is 4.87. The van der Waals surface area contributed by atoms with Crippen LogP contribution in [-0.4, -0.2) is 78.4 Å². The zero-order valence-electron chi connectivity index (χ0n) is 29.7. The number of ketones is 1. The molecular formula is C37H39F3N8O5. The van der Waals surface area contributed by atoms with Gasteiger partial charge in [0.2, 0.25) is 17.7 Å². The Bertz CT molecular complexity index is 2130. The molecule has 1 spiro atoms. The van der Waals surface area contributed by atoms with Gasteiger partial charge in [0.05, 0.1) is 12.1 Å². The number of carbonyl (C=O) groups is 4. The van der Waals surface area contributed by atoms with Gasteiger partial charge in [-0.25, -0.2) is 15.0 Å². The lowest BCUT2D eigenvalue weighted by molar-refractivity contribution is -0.141. The number of aromatic nitrogens is 5. The lowest BCUT2D eigenvalue weighted by atomic mass is 9.86. The number of hydrogen-bond acceptors (Lipinski definition) is 9. The smallest absolute Gasteiger partial charge is 0.377 e. The molecule has 7 rings (SSSR count). The van der Waals surface area contributed by atoms with Gasteiger partial charge in [-0.2, -0.15) is 18.3 Å². The number of carbonyl (C=O) groups excluding carboxylic acids is 4. The largest absolute Gasteiger partial charge is 0.433 e. The second kappa shape index (κ2) is 13.3. The minimum atomic E-state index is -4.76. The number of rotatable bonds is 4. The van der Waals surface area contributed by atoms with Gasteiger partial charge in [0.25, 0.3) is 0 Å². The summed E-state index contributed by atoms with van der Waals surface area (Å²) in [4.78, 5) is 68.1. The molecule has 3 atom stereocenters. The van der Waals surface area contributed by atoms with Crippen molar-refractivity contribution in [2.24, 2.45) is 10.8 Å². The number of amides is 3. The van der Waals surface area contributed by atoms with Crippen LogP contribution >= 0.6 is 0 Å². The second-order valence-corrected chi connectivity index (χ2v) is 14.8. The number of nitrogens with zero attached hydrogens (tertiary/aromatic N) is 6. The first-order valence-corrected chi connectivity index (χ1v) is 17.4. The average molecular weight is 733 g/mol.